The quantitative estimate of drug-likeness (QED) is 0.238. The van der Waals surface area contributed by atoms with E-state index in [1.165, 1.54) is 0 Å². The molecule has 38 heavy (non-hydrogen) atoms. The van der Waals surface area contributed by atoms with Crippen molar-refractivity contribution in [1.29, 1.82) is 0 Å². The molecule has 2 amide bonds. The number of carbonyl (C=O) groups excluding carboxylic acids is 2. The molecule has 0 aromatic heterocycles. The summed E-state index contributed by atoms with van der Waals surface area (Å²) in [4.78, 5) is 28.3. The highest BCUT2D eigenvalue weighted by molar-refractivity contribution is 6.11. The standard InChI is InChI=1S/C33H36N2O3/c1-5-23(4)27-15-10-11-18-31(27)38-30(6-2)32(36)34-26-21-19-25(20-22-26)33(37)35(7-3)29-17-12-14-24-13-8-9-16-28(24)29/h8-23,30H,5-7H2,1-4H3,(H,34,36). The van der Waals surface area contributed by atoms with Gasteiger partial charge in [0.1, 0.15) is 5.75 Å². The first kappa shape index (κ1) is 26.9. The van der Waals surface area contributed by atoms with E-state index < -0.39 is 6.10 Å². The van der Waals surface area contributed by atoms with Gasteiger partial charge in [0.05, 0.1) is 5.69 Å². The third-order valence-electron chi connectivity index (χ3n) is 7.01. The second-order valence-electron chi connectivity index (χ2n) is 9.48. The van der Waals surface area contributed by atoms with Crippen LogP contribution >= 0.6 is 0 Å². The summed E-state index contributed by atoms with van der Waals surface area (Å²) in [6, 6.07) is 29.0. The molecule has 0 aliphatic rings. The van der Waals surface area contributed by atoms with Crippen LogP contribution in [0.25, 0.3) is 10.8 Å². The summed E-state index contributed by atoms with van der Waals surface area (Å²) in [5, 5.41) is 5.08. The van der Waals surface area contributed by atoms with E-state index in [1.54, 1.807) is 29.2 Å². The minimum absolute atomic E-state index is 0.0850. The fraction of sp³-hybridized carbons (Fsp3) is 0.273. The zero-order valence-corrected chi connectivity index (χ0v) is 22.6. The molecule has 0 saturated carbocycles. The summed E-state index contributed by atoms with van der Waals surface area (Å²) in [6.45, 7) is 8.75. The average Bonchev–Trinajstić information content (AvgIpc) is 2.96. The highest BCUT2D eigenvalue weighted by atomic mass is 16.5. The summed E-state index contributed by atoms with van der Waals surface area (Å²) in [6.07, 6.45) is 0.904. The molecular formula is C33H36N2O3. The third kappa shape index (κ3) is 5.88. The first-order valence-corrected chi connectivity index (χ1v) is 13.4. The number of nitrogens with zero attached hydrogens (tertiary/aromatic N) is 1. The van der Waals surface area contributed by atoms with Gasteiger partial charge < -0.3 is 15.0 Å². The van der Waals surface area contributed by atoms with Gasteiger partial charge in [-0.15, -0.1) is 0 Å². The van der Waals surface area contributed by atoms with Gasteiger partial charge in [-0.1, -0.05) is 75.4 Å². The Morgan fingerprint density at radius 2 is 1.50 bits per heavy atom. The van der Waals surface area contributed by atoms with Gasteiger partial charge in [-0.05, 0) is 73.0 Å². The molecule has 0 spiro atoms. The van der Waals surface area contributed by atoms with E-state index in [0.717, 1.165) is 34.2 Å². The van der Waals surface area contributed by atoms with E-state index >= 15 is 0 Å². The van der Waals surface area contributed by atoms with E-state index in [-0.39, 0.29) is 11.8 Å². The Morgan fingerprint density at radius 1 is 0.816 bits per heavy atom. The van der Waals surface area contributed by atoms with Gasteiger partial charge in [-0.3, -0.25) is 9.59 Å². The summed E-state index contributed by atoms with van der Waals surface area (Å²) in [7, 11) is 0. The van der Waals surface area contributed by atoms with E-state index in [2.05, 4.69) is 25.2 Å². The second kappa shape index (κ2) is 12.4. The number of amides is 2. The number of ether oxygens (including phenoxy) is 1. The number of benzene rings is 4. The first-order chi connectivity index (χ1) is 18.5. The van der Waals surface area contributed by atoms with Crippen molar-refractivity contribution in [3.8, 4) is 5.75 Å². The number of nitrogens with one attached hydrogen (secondary N) is 1. The van der Waals surface area contributed by atoms with E-state index in [4.69, 9.17) is 4.74 Å². The molecule has 0 aliphatic carbocycles. The Kier molecular flexibility index (Phi) is 8.80. The molecule has 0 saturated heterocycles. The summed E-state index contributed by atoms with van der Waals surface area (Å²) in [5.74, 6) is 0.793. The van der Waals surface area contributed by atoms with Crippen LogP contribution in [0.15, 0.2) is 91.0 Å². The third-order valence-corrected chi connectivity index (χ3v) is 7.01. The topological polar surface area (TPSA) is 58.6 Å². The molecule has 4 rings (SSSR count). The van der Waals surface area contributed by atoms with Crippen LogP contribution in [-0.2, 0) is 4.79 Å². The lowest BCUT2D eigenvalue weighted by Crippen LogP contribution is -2.33. The Morgan fingerprint density at radius 3 is 2.21 bits per heavy atom. The highest BCUT2D eigenvalue weighted by Crippen LogP contribution is 2.30. The molecule has 0 aliphatic heterocycles. The van der Waals surface area contributed by atoms with Crippen LogP contribution in [-0.4, -0.2) is 24.5 Å². The second-order valence-corrected chi connectivity index (χ2v) is 9.48. The lowest BCUT2D eigenvalue weighted by atomic mass is 9.98. The fourth-order valence-electron chi connectivity index (χ4n) is 4.63. The van der Waals surface area contributed by atoms with Crippen LogP contribution in [0, 0.1) is 0 Å². The van der Waals surface area contributed by atoms with Gasteiger partial charge in [0.2, 0.25) is 0 Å². The molecule has 0 heterocycles. The Labute approximate surface area is 225 Å². The lowest BCUT2D eigenvalue weighted by Gasteiger charge is -2.23. The summed E-state index contributed by atoms with van der Waals surface area (Å²) < 4.78 is 6.17. The predicted octanol–water partition coefficient (Wildman–Crippen LogP) is 7.82. The molecule has 1 N–H and O–H groups in total. The van der Waals surface area contributed by atoms with Crippen LogP contribution in [0.4, 0.5) is 11.4 Å². The highest BCUT2D eigenvalue weighted by Gasteiger charge is 2.22. The van der Waals surface area contributed by atoms with Crippen molar-refractivity contribution in [1.82, 2.24) is 0 Å². The lowest BCUT2D eigenvalue weighted by molar-refractivity contribution is -0.122. The summed E-state index contributed by atoms with van der Waals surface area (Å²) >= 11 is 0. The van der Waals surface area contributed by atoms with Crippen molar-refractivity contribution >= 4 is 34.0 Å². The summed E-state index contributed by atoms with van der Waals surface area (Å²) in [5.41, 5.74) is 3.17. The maximum absolute atomic E-state index is 13.4. The molecule has 0 radical (unpaired) electrons. The number of anilines is 2. The predicted molar refractivity (Wildman–Crippen MR) is 156 cm³/mol. The normalized spacial score (nSPS) is 12.5. The van der Waals surface area contributed by atoms with Crippen molar-refractivity contribution in [2.75, 3.05) is 16.8 Å². The number of rotatable bonds is 10. The molecule has 5 nitrogen and oxygen atoms in total. The van der Waals surface area contributed by atoms with E-state index in [1.807, 2.05) is 74.5 Å². The Hall–Kier alpha value is -4.12. The Bertz CT molecular complexity index is 1390. The number of fused-ring (bicyclic) bond motifs is 1. The zero-order valence-electron chi connectivity index (χ0n) is 22.6. The van der Waals surface area contributed by atoms with Gasteiger partial charge in [0.25, 0.3) is 11.8 Å². The number of para-hydroxylation sites is 1. The van der Waals surface area contributed by atoms with Crippen LogP contribution in [0.5, 0.6) is 5.75 Å². The van der Waals surface area contributed by atoms with E-state index in [0.29, 0.717) is 30.1 Å². The smallest absolute Gasteiger partial charge is 0.265 e. The molecule has 2 unspecified atom stereocenters. The molecule has 4 aromatic carbocycles. The van der Waals surface area contributed by atoms with Crippen LogP contribution in [0.3, 0.4) is 0 Å². The van der Waals surface area contributed by atoms with Crippen molar-refractivity contribution in [3.05, 3.63) is 102 Å². The van der Waals surface area contributed by atoms with Crippen molar-refractivity contribution in [3.63, 3.8) is 0 Å². The molecule has 0 bridgehead atoms. The average molecular weight is 509 g/mol. The fourth-order valence-corrected chi connectivity index (χ4v) is 4.63. The van der Waals surface area contributed by atoms with Crippen molar-refractivity contribution in [2.24, 2.45) is 0 Å². The van der Waals surface area contributed by atoms with Crippen molar-refractivity contribution in [2.45, 2.75) is 52.6 Å². The largest absolute Gasteiger partial charge is 0.480 e. The number of hydrogen-bond donors (Lipinski definition) is 1. The SMILES string of the molecule is CCC(Oc1ccccc1C(C)CC)C(=O)Nc1ccc(C(=O)N(CC)c2cccc3ccccc23)cc1. The minimum Gasteiger partial charge on any atom is -0.480 e. The van der Waals surface area contributed by atoms with Gasteiger partial charge in [0, 0.05) is 23.2 Å². The molecular weight excluding hydrogens is 472 g/mol. The number of hydrogen-bond acceptors (Lipinski definition) is 3. The molecule has 0 fully saturated rings. The Balaban J connectivity index is 1.47. The van der Waals surface area contributed by atoms with Crippen LogP contribution in [0.2, 0.25) is 0 Å². The van der Waals surface area contributed by atoms with Crippen molar-refractivity contribution < 1.29 is 14.3 Å². The van der Waals surface area contributed by atoms with Gasteiger partial charge in [-0.2, -0.15) is 0 Å². The molecule has 2 atom stereocenters. The van der Waals surface area contributed by atoms with E-state index in [9.17, 15) is 9.59 Å². The maximum atomic E-state index is 13.4. The van der Waals surface area contributed by atoms with Crippen LogP contribution < -0.4 is 15.0 Å². The maximum Gasteiger partial charge on any atom is 0.265 e. The first-order valence-electron chi connectivity index (χ1n) is 13.4. The minimum atomic E-state index is -0.622. The number of carbonyl (C=O) groups is 2. The zero-order chi connectivity index (χ0) is 27.1. The monoisotopic (exact) mass is 508 g/mol. The molecule has 5 heteroatoms. The van der Waals surface area contributed by atoms with Gasteiger partial charge in [0.15, 0.2) is 6.10 Å². The molecule has 196 valence electrons. The van der Waals surface area contributed by atoms with Gasteiger partial charge in [-0.25, -0.2) is 0 Å². The van der Waals surface area contributed by atoms with Gasteiger partial charge >= 0.3 is 0 Å². The molecule has 4 aromatic rings. The van der Waals surface area contributed by atoms with Crippen LogP contribution in [0.1, 0.15) is 62.4 Å².